The van der Waals surface area contributed by atoms with Crippen LogP contribution in [-0.4, -0.2) is 10.9 Å². The molecule has 6 nitrogen and oxygen atoms in total. The summed E-state index contributed by atoms with van der Waals surface area (Å²) in [7, 11) is 0. The Hall–Kier alpha value is -4.46. The normalized spacial score (nSPS) is 11.6. The third kappa shape index (κ3) is 7.56. The van der Waals surface area contributed by atoms with Gasteiger partial charge in [0.05, 0.1) is 6.04 Å². The molecule has 1 heterocycles. The van der Waals surface area contributed by atoms with E-state index in [1.807, 2.05) is 91.0 Å². The van der Waals surface area contributed by atoms with Gasteiger partial charge in [-0.1, -0.05) is 66.7 Å². The monoisotopic (exact) mass is 548 g/mol. The van der Waals surface area contributed by atoms with Crippen molar-refractivity contribution in [3.05, 3.63) is 141 Å². The van der Waals surface area contributed by atoms with Crippen molar-refractivity contribution >= 4 is 28.6 Å². The third-order valence-electron chi connectivity index (χ3n) is 6.59. The Kier molecular flexibility index (Phi) is 8.86. The number of rotatable bonds is 11. The number of nitrogens with zero attached hydrogens (tertiary/aromatic N) is 1. The number of amides is 1. The quantitative estimate of drug-likeness (QED) is 0.162. The average molecular weight is 549 g/mol. The highest BCUT2D eigenvalue weighted by Gasteiger charge is 2.16. The molecule has 0 aliphatic carbocycles. The average Bonchev–Trinajstić information content (AvgIpc) is 3.49. The van der Waals surface area contributed by atoms with Crippen molar-refractivity contribution in [3.63, 3.8) is 0 Å². The summed E-state index contributed by atoms with van der Waals surface area (Å²) in [5.74, 6) is 0.563. The molecular formula is C33H32N4O2S. The molecule has 0 saturated heterocycles. The number of aromatic nitrogens is 1. The summed E-state index contributed by atoms with van der Waals surface area (Å²) < 4.78 is 5.87. The van der Waals surface area contributed by atoms with Gasteiger partial charge in [-0.15, -0.1) is 11.3 Å². The topological polar surface area (TPSA) is 103 Å². The van der Waals surface area contributed by atoms with Gasteiger partial charge in [-0.2, -0.15) is 0 Å². The van der Waals surface area contributed by atoms with E-state index in [4.69, 9.17) is 16.2 Å². The second kappa shape index (κ2) is 13.1. The Morgan fingerprint density at radius 3 is 2.10 bits per heavy atom. The molecule has 5 N–H and O–H groups in total. The molecule has 40 heavy (non-hydrogen) atoms. The molecule has 202 valence electrons. The van der Waals surface area contributed by atoms with Crippen LogP contribution in [0.15, 0.2) is 109 Å². The SMILES string of the molecule is Nc1ccc(CCc2ccc(NC(=O)c3csc(C(N)Cc4ccc(OCc5ccccc5)cc4)n3)cc2)cc1. The summed E-state index contributed by atoms with van der Waals surface area (Å²) in [6, 6.07) is 33.6. The number of nitrogen functional groups attached to an aromatic ring is 1. The van der Waals surface area contributed by atoms with E-state index < -0.39 is 0 Å². The maximum absolute atomic E-state index is 12.8. The molecule has 0 saturated carbocycles. The van der Waals surface area contributed by atoms with E-state index in [0.717, 1.165) is 46.1 Å². The lowest BCUT2D eigenvalue weighted by Crippen LogP contribution is -2.15. The molecule has 5 rings (SSSR count). The van der Waals surface area contributed by atoms with Crippen LogP contribution in [-0.2, 0) is 25.9 Å². The van der Waals surface area contributed by atoms with Crippen LogP contribution in [0.1, 0.15) is 43.8 Å². The molecule has 0 radical (unpaired) electrons. The zero-order valence-electron chi connectivity index (χ0n) is 22.1. The number of anilines is 2. The summed E-state index contributed by atoms with van der Waals surface area (Å²) >= 11 is 1.40. The lowest BCUT2D eigenvalue weighted by Gasteiger charge is -2.10. The number of ether oxygens (including phenoxy) is 1. The van der Waals surface area contributed by atoms with Crippen molar-refractivity contribution in [2.75, 3.05) is 11.1 Å². The number of nitrogens with two attached hydrogens (primary N) is 2. The largest absolute Gasteiger partial charge is 0.489 e. The Morgan fingerprint density at radius 2 is 1.43 bits per heavy atom. The van der Waals surface area contributed by atoms with E-state index in [-0.39, 0.29) is 11.9 Å². The van der Waals surface area contributed by atoms with Gasteiger partial charge in [0.15, 0.2) is 0 Å². The summed E-state index contributed by atoms with van der Waals surface area (Å²) in [6.45, 7) is 0.526. The molecule has 0 fully saturated rings. The highest BCUT2D eigenvalue weighted by atomic mass is 32.1. The van der Waals surface area contributed by atoms with Gasteiger partial charge in [-0.25, -0.2) is 4.98 Å². The van der Waals surface area contributed by atoms with E-state index in [1.165, 1.54) is 22.5 Å². The zero-order chi connectivity index (χ0) is 27.7. The van der Waals surface area contributed by atoms with Crippen molar-refractivity contribution < 1.29 is 9.53 Å². The fraction of sp³-hybridized carbons (Fsp3) is 0.152. The number of benzene rings is 4. The van der Waals surface area contributed by atoms with Gasteiger partial charge in [0.2, 0.25) is 0 Å². The van der Waals surface area contributed by atoms with Crippen molar-refractivity contribution in [3.8, 4) is 5.75 Å². The van der Waals surface area contributed by atoms with E-state index in [2.05, 4.69) is 22.4 Å². The van der Waals surface area contributed by atoms with E-state index in [9.17, 15) is 4.79 Å². The maximum atomic E-state index is 12.8. The van der Waals surface area contributed by atoms with Gasteiger partial charge >= 0.3 is 0 Å². The Bertz CT molecular complexity index is 1520. The standard InChI is InChI=1S/C33H32N4O2S/c34-27-14-8-23(9-15-27)6-7-24-10-16-28(17-11-24)36-32(38)31-22-40-33(37-31)30(35)20-25-12-18-29(19-13-25)39-21-26-4-2-1-3-5-26/h1-5,8-19,22,30H,6-7,20-21,34-35H2,(H,36,38). The van der Waals surface area contributed by atoms with Crippen molar-refractivity contribution in [1.82, 2.24) is 4.98 Å². The predicted molar refractivity (Wildman–Crippen MR) is 163 cm³/mol. The molecule has 0 bridgehead atoms. The zero-order valence-corrected chi connectivity index (χ0v) is 22.9. The second-order valence-electron chi connectivity index (χ2n) is 9.69. The number of hydrogen-bond donors (Lipinski definition) is 3. The second-order valence-corrected chi connectivity index (χ2v) is 10.6. The van der Waals surface area contributed by atoms with Gasteiger partial charge < -0.3 is 21.5 Å². The van der Waals surface area contributed by atoms with E-state index >= 15 is 0 Å². The number of aryl methyl sites for hydroxylation is 2. The number of hydrogen-bond acceptors (Lipinski definition) is 6. The first-order chi connectivity index (χ1) is 19.5. The Morgan fingerprint density at radius 1 is 0.800 bits per heavy atom. The molecule has 0 aliphatic heterocycles. The van der Waals surface area contributed by atoms with Crippen LogP contribution in [0.3, 0.4) is 0 Å². The highest BCUT2D eigenvalue weighted by Crippen LogP contribution is 2.23. The van der Waals surface area contributed by atoms with Crippen molar-refractivity contribution in [2.24, 2.45) is 5.73 Å². The number of carbonyl (C=O) groups excluding carboxylic acids is 1. The number of carbonyl (C=O) groups is 1. The molecule has 1 aromatic heterocycles. The summed E-state index contributed by atoms with van der Waals surface area (Å²) in [4.78, 5) is 17.3. The summed E-state index contributed by atoms with van der Waals surface area (Å²) in [5.41, 5.74) is 18.7. The minimum atomic E-state index is -0.303. The molecule has 4 aromatic carbocycles. The Balaban J connectivity index is 1.10. The first-order valence-corrected chi connectivity index (χ1v) is 14.1. The van der Waals surface area contributed by atoms with Crippen LogP contribution in [0.2, 0.25) is 0 Å². The third-order valence-corrected chi connectivity index (χ3v) is 7.57. The van der Waals surface area contributed by atoms with E-state index in [1.54, 1.807) is 5.38 Å². The predicted octanol–water partition coefficient (Wildman–Crippen LogP) is 6.58. The first-order valence-electron chi connectivity index (χ1n) is 13.2. The van der Waals surface area contributed by atoms with Gasteiger partial charge in [-0.3, -0.25) is 4.79 Å². The van der Waals surface area contributed by atoms with Crippen LogP contribution in [0.5, 0.6) is 5.75 Å². The first kappa shape index (κ1) is 27.1. The Labute approximate surface area is 238 Å². The van der Waals surface area contributed by atoms with Gasteiger partial charge in [0.25, 0.3) is 5.91 Å². The van der Waals surface area contributed by atoms with Crippen molar-refractivity contribution in [1.29, 1.82) is 0 Å². The summed E-state index contributed by atoms with van der Waals surface area (Å²) in [6.07, 6.45) is 2.46. The molecule has 1 amide bonds. The lowest BCUT2D eigenvalue weighted by molar-refractivity contribution is 0.102. The molecular weight excluding hydrogens is 516 g/mol. The maximum Gasteiger partial charge on any atom is 0.275 e. The fourth-order valence-electron chi connectivity index (χ4n) is 4.29. The van der Waals surface area contributed by atoms with E-state index in [0.29, 0.717) is 18.7 Å². The number of thiazole rings is 1. The van der Waals surface area contributed by atoms with Gasteiger partial charge in [0.1, 0.15) is 23.1 Å². The molecule has 0 spiro atoms. The minimum absolute atomic E-state index is 0.246. The molecule has 7 heteroatoms. The van der Waals surface area contributed by atoms with Crippen LogP contribution >= 0.6 is 11.3 Å². The minimum Gasteiger partial charge on any atom is -0.489 e. The lowest BCUT2D eigenvalue weighted by atomic mass is 10.0. The van der Waals surface area contributed by atoms with Crippen LogP contribution in [0.4, 0.5) is 11.4 Å². The highest BCUT2D eigenvalue weighted by molar-refractivity contribution is 7.09. The molecule has 5 aromatic rings. The van der Waals surface area contributed by atoms with Crippen LogP contribution < -0.4 is 21.5 Å². The number of nitrogens with one attached hydrogen (secondary N) is 1. The van der Waals surface area contributed by atoms with Crippen LogP contribution in [0.25, 0.3) is 0 Å². The molecule has 1 atom stereocenters. The summed E-state index contributed by atoms with van der Waals surface area (Å²) in [5, 5.41) is 5.42. The van der Waals surface area contributed by atoms with Gasteiger partial charge in [0, 0.05) is 16.8 Å². The molecule has 0 aliphatic rings. The van der Waals surface area contributed by atoms with Crippen molar-refractivity contribution in [2.45, 2.75) is 31.9 Å². The fourth-order valence-corrected chi connectivity index (χ4v) is 5.09. The molecule has 1 unspecified atom stereocenters. The van der Waals surface area contributed by atoms with Crippen LogP contribution in [0, 0.1) is 0 Å². The van der Waals surface area contributed by atoms with Gasteiger partial charge in [-0.05, 0) is 77.9 Å². The smallest absolute Gasteiger partial charge is 0.275 e.